The minimum atomic E-state index is -0.512. The van der Waals surface area contributed by atoms with Gasteiger partial charge in [-0.3, -0.25) is 4.90 Å². The molecule has 0 saturated carbocycles. The van der Waals surface area contributed by atoms with Gasteiger partial charge in [-0.15, -0.1) is 0 Å². The lowest BCUT2D eigenvalue weighted by Crippen LogP contribution is -2.35. The highest BCUT2D eigenvalue weighted by Gasteiger charge is 2.52. The van der Waals surface area contributed by atoms with Gasteiger partial charge in [-0.2, -0.15) is 0 Å². The van der Waals surface area contributed by atoms with E-state index < -0.39 is 5.79 Å². The van der Waals surface area contributed by atoms with Gasteiger partial charge in [-0.05, 0) is 20.3 Å². The molecule has 0 aliphatic carbocycles. The Morgan fingerprint density at radius 1 is 1.05 bits per heavy atom. The van der Waals surface area contributed by atoms with Crippen molar-refractivity contribution in [2.75, 3.05) is 19.7 Å². The Hall–Kier alpha value is -0.160. The van der Waals surface area contributed by atoms with Gasteiger partial charge in [0.15, 0.2) is 5.79 Å². The van der Waals surface area contributed by atoms with Crippen LogP contribution < -0.4 is 0 Å². The van der Waals surface area contributed by atoms with E-state index in [9.17, 15) is 5.11 Å². The smallest absolute Gasteiger partial charge is 0.165 e. The Labute approximate surface area is 129 Å². The Bertz CT molecular complexity index is 308. The number of ether oxygens (including phenoxy) is 2. The van der Waals surface area contributed by atoms with Crippen LogP contribution in [0.15, 0.2) is 0 Å². The number of likely N-dealkylation sites (tertiary alicyclic amines) is 1. The minimum Gasteiger partial charge on any atom is -0.396 e. The molecule has 2 aliphatic heterocycles. The summed E-state index contributed by atoms with van der Waals surface area (Å²) in [6.45, 7) is 8.33. The zero-order chi connectivity index (χ0) is 15.3. The van der Waals surface area contributed by atoms with Crippen LogP contribution >= 0.6 is 0 Å². The average Bonchev–Trinajstić information content (AvgIpc) is 2.91. The summed E-state index contributed by atoms with van der Waals surface area (Å²) in [4.78, 5) is 2.37. The fourth-order valence-corrected chi connectivity index (χ4v) is 3.54. The molecular weight excluding hydrogens is 266 g/mol. The van der Waals surface area contributed by atoms with Crippen LogP contribution in [-0.2, 0) is 9.47 Å². The molecule has 124 valence electrons. The first-order valence-electron chi connectivity index (χ1n) is 8.78. The van der Waals surface area contributed by atoms with Gasteiger partial charge in [0.2, 0.25) is 0 Å². The van der Waals surface area contributed by atoms with Crippen LogP contribution in [0.5, 0.6) is 0 Å². The summed E-state index contributed by atoms with van der Waals surface area (Å²) in [6.07, 6.45) is 9.36. The van der Waals surface area contributed by atoms with Gasteiger partial charge in [0.1, 0.15) is 12.3 Å². The van der Waals surface area contributed by atoms with Gasteiger partial charge in [-0.1, -0.05) is 45.4 Å². The van der Waals surface area contributed by atoms with Gasteiger partial charge in [-0.25, -0.2) is 0 Å². The van der Waals surface area contributed by atoms with Crippen molar-refractivity contribution in [2.45, 2.75) is 83.8 Å². The maximum absolute atomic E-state index is 9.53. The number of hydrogen-bond donors (Lipinski definition) is 1. The van der Waals surface area contributed by atoms with E-state index in [-0.39, 0.29) is 24.9 Å². The third kappa shape index (κ3) is 4.65. The van der Waals surface area contributed by atoms with E-state index in [0.717, 1.165) is 13.1 Å². The lowest BCUT2D eigenvalue weighted by molar-refractivity contribution is -0.173. The molecule has 2 unspecified atom stereocenters. The van der Waals surface area contributed by atoms with Crippen molar-refractivity contribution in [3.8, 4) is 0 Å². The molecule has 0 aromatic heterocycles. The standard InChI is InChI=1S/C17H33NO3/c1-4-5-6-7-8-9-10-11-18-12-14(13-19)15-16(18)21-17(2,3)20-15/h14-16,19H,4-13H2,1-3H3/t14?,15?,16-/m1/s1. The van der Waals surface area contributed by atoms with E-state index in [1.54, 1.807) is 0 Å². The third-order valence-electron chi connectivity index (χ3n) is 4.68. The molecule has 0 aromatic carbocycles. The summed E-state index contributed by atoms with van der Waals surface area (Å²) in [7, 11) is 0. The number of hydrogen-bond acceptors (Lipinski definition) is 4. The molecule has 0 bridgehead atoms. The molecule has 0 aromatic rings. The van der Waals surface area contributed by atoms with Crippen molar-refractivity contribution in [2.24, 2.45) is 5.92 Å². The first-order chi connectivity index (χ1) is 10.1. The maximum atomic E-state index is 9.53. The Morgan fingerprint density at radius 2 is 1.71 bits per heavy atom. The molecule has 0 spiro atoms. The minimum absolute atomic E-state index is 0.0366. The van der Waals surface area contributed by atoms with Crippen LogP contribution in [0.25, 0.3) is 0 Å². The van der Waals surface area contributed by atoms with E-state index in [1.165, 1.54) is 44.9 Å². The first kappa shape index (κ1) is 17.2. The van der Waals surface area contributed by atoms with Crippen LogP contribution in [0.1, 0.15) is 65.7 Å². The predicted octanol–water partition coefficient (Wildman–Crippen LogP) is 3.14. The predicted molar refractivity (Wildman–Crippen MR) is 84.0 cm³/mol. The summed E-state index contributed by atoms with van der Waals surface area (Å²) in [5, 5.41) is 9.53. The first-order valence-corrected chi connectivity index (χ1v) is 8.78. The molecule has 3 atom stereocenters. The van der Waals surface area contributed by atoms with Gasteiger partial charge in [0.25, 0.3) is 0 Å². The number of aliphatic hydroxyl groups excluding tert-OH is 1. The molecule has 2 aliphatic rings. The highest BCUT2D eigenvalue weighted by Crippen LogP contribution is 2.39. The molecule has 4 heteroatoms. The van der Waals surface area contributed by atoms with Crippen molar-refractivity contribution in [3.63, 3.8) is 0 Å². The largest absolute Gasteiger partial charge is 0.396 e. The molecule has 2 saturated heterocycles. The topological polar surface area (TPSA) is 41.9 Å². The number of aliphatic hydroxyl groups is 1. The average molecular weight is 299 g/mol. The number of nitrogens with zero attached hydrogens (tertiary/aromatic N) is 1. The highest BCUT2D eigenvalue weighted by molar-refractivity contribution is 4.94. The van der Waals surface area contributed by atoms with E-state index in [0.29, 0.717) is 0 Å². The van der Waals surface area contributed by atoms with Crippen molar-refractivity contribution in [1.29, 1.82) is 0 Å². The molecule has 0 radical (unpaired) electrons. The van der Waals surface area contributed by atoms with Gasteiger partial charge in [0, 0.05) is 25.6 Å². The second kappa shape index (κ2) is 7.91. The Morgan fingerprint density at radius 3 is 2.38 bits per heavy atom. The van der Waals surface area contributed by atoms with Gasteiger partial charge in [0.05, 0.1) is 0 Å². The van der Waals surface area contributed by atoms with Crippen LogP contribution in [0.3, 0.4) is 0 Å². The van der Waals surface area contributed by atoms with Crippen LogP contribution in [0, 0.1) is 5.92 Å². The Balaban J connectivity index is 1.69. The zero-order valence-corrected chi connectivity index (χ0v) is 14.0. The monoisotopic (exact) mass is 299 g/mol. The quantitative estimate of drug-likeness (QED) is 0.664. The van der Waals surface area contributed by atoms with Crippen LogP contribution in [0.4, 0.5) is 0 Å². The molecule has 2 rings (SSSR count). The normalized spacial score (nSPS) is 31.7. The lowest BCUT2D eigenvalue weighted by atomic mass is 10.1. The number of rotatable bonds is 9. The highest BCUT2D eigenvalue weighted by atomic mass is 16.8. The Kier molecular flexibility index (Phi) is 6.48. The molecule has 0 amide bonds. The van der Waals surface area contributed by atoms with Gasteiger partial charge < -0.3 is 14.6 Å². The van der Waals surface area contributed by atoms with E-state index >= 15 is 0 Å². The van der Waals surface area contributed by atoms with Crippen molar-refractivity contribution in [3.05, 3.63) is 0 Å². The molecule has 2 fully saturated rings. The van der Waals surface area contributed by atoms with Crippen molar-refractivity contribution < 1.29 is 14.6 Å². The fraction of sp³-hybridized carbons (Fsp3) is 1.00. The van der Waals surface area contributed by atoms with E-state index in [2.05, 4.69) is 11.8 Å². The molecule has 21 heavy (non-hydrogen) atoms. The third-order valence-corrected chi connectivity index (χ3v) is 4.68. The summed E-state index contributed by atoms with van der Waals surface area (Å²) in [5.74, 6) is -0.317. The summed E-state index contributed by atoms with van der Waals surface area (Å²) in [5.41, 5.74) is 0. The molecular formula is C17H33NO3. The number of unbranched alkanes of at least 4 members (excludes halogenated alkanes) is 6. The molecule has 4 nitrogen and oxygen atoms in total. The van der Waals surface area contributed by atoms with E-state index in [4.69, 9.17) is 9.47 Å². The summed E-state index contributed by atoms with van der Waals surface area (Å²) in [6, 6.07) is 0. The van der Waals surface area contributed by atoms with Gasteiger partial charge >= 0.3 is 0 Å². The molecule has 2 heterocycles. The maximum Gasteiger partial charge on any atom is 0.165 e. The summed E-state index contributed by atoms with van der Waals surface area (Å²) >= 11 is 0. The van der Waals surface area contributed by atoms with E-state index in [1.807, 2.05) is 13.8 Å². The fourth-order valence-electron chi connectivity index (χ4n) is 3.54. The van der Waals surface area contributed by atoms with Crippen LogP contribution in [0.2, 0.25) is 0 Å². The lowest BCUT2D eigenvalue weighted by Gasteiger charge is -2.25. The van der Waals surface area contributed by atoms with Crippen LogP contribution in [-0.4, -0.2) is 47.8 Å². The summed E-state index contributed by atoms with van der Waals surface area (Å²) < 4.78 is 12.0. The second-order valence-electron chi connectivity index (χ2n) is 7.05. The molecule has 1 N–H and O–H groups in total. The number of fused-ring (bicyclic) bond motifs is 1. The van der Waals surface area contributed by atoms with Crippen molar-refractivity contribution in [1.82, 2.24) is 4.90 Å². The second-order valence-corrected chi connectivity index (χ2v) is 7.05. The zero-order valence-electron chi connectivity index (χ0n) is 14.0. The van der Waals surface area contributed by atoms with Crippen molar-refractivity contribution >= 4 is 0 Å². The SMILES string of the molecule is CCCCCCCCCN1CC(CO)C2OC(C)(C)O[C@H]21.